The van der Waals surface area contributed by atoms with Crippen LogP contribution < -0.4 is 21.5 Å². The van der Waals surface area contributed by atoms with Gasteiger partial charge in [0.2, 0.25) is 0 Å². The monoisotopic (exact) mass is 542 g/mol. The van der Waals surface area contributed by atoms with Crippen LogP contribution in [0.15, 0.2) is 29.4 Å². The highest BCUT2D eigenvalue weighted by molar-refractivity contribution is 7.99. The third-order valence-electron chi connectivity index (χ3n) is 4.99. The quantitative estimate of drug-likeness (QED) is 0.237. The number of unbranched alkanes of at least 4 members (excludes halogenated alkanes) is 1. The number of halogens is 3. The van der Waals surface area contributed by atoms with Crippen molar-refractivity contribution in [3.8, 4) is 5.75 Å². The Kier molecular flexibility index (Phi) is 18.7. The fourth-order valence-corrected chi connectivity index (χ4v) is 4.11. The van der Waals surface area contributed by atoms with E-state index < -0.39 is 0 Å². The minimum atomic E-state index is 0. The van der Waals surface area contributed by atoms with E-state index >= 15 is 0 Å². The number of hydrogen-bond acceptors (Lipinski definition) is 8. The van der Waals surface area contributed by atoms with E-state index in [1.54, 1.807) is 11.8 Å². The number of benzene rings is 1. The smallest absolute Gasteiger partial charge is 0.191 e. The van der Waals surface area contributed by atoms with Crippen molar-refractivity contribution in [1.82, 2.24) is 20.2 Å². The summed E-state index contributed by atoms with van der Waals surface area (Å²) in [6.07, 6.45) is 2.69. The third kappa shape index (κ3) is 10.7. The molecule has 1 saturated heterocycles. The van der Waals surface area contributed by atoms with E-state index in [0.717, 1.165) is 68.2 Å². The van der Waals surface area contributed by atoms with E-state index in [4.69, 9.17) is 16.2 Å². The van der Waals surface area contributed by atoms with Gasteiger partial charge < -0.3 is 27.0 Å². The topological polar surface area (TPSA) is 134 Å². The first-order valence-electron chi connectivity index (χ1n) is 10.4. The maximum absolute atomic E-state index is 6.25. The van der Waals surface area contributed by atoms with Crippen LogP contribution in [0, 0.1) is 0 Å². The summed E-state index contributed by atoms with van der Waals surface area (Å²) < 4.78 is 5.93. The highest BCUT2D eigenvalue weighted by atomic mass is 35.5. The molecule has 7 N–H and O–H groups in total. The van der Waals surface area contributed by atoms with E-state index in [9.17, 15) is 0 Å². The van der Waals surface area contributed by atoms with Crippen LogP contribution in [0.1, 0.15) is 30.9 Å². The van der Waals surface area contributed by atoms with Crippen LogP contribution in [0.4, 0.5) is 11.6 Å². The Morgan fingerprint density at radius 2 is 1.70 bits per heavy atom. The van der Waals surface area contributed by atoms with Gasteiger partial charge in [0.1, 0.15) is 17.4 Å². The van der Waals surface area contributed by atoms with Crippen molar-refractivity contribution >= 4 is 60.6 Å². The van der Waals surface area contributed by atoms with E-state index in [-0.39, 0.29) is 42.7 Å². The van der Waals surface area contributed by atoms with Crippen LogP contribution in [-0.4, -0.2) is 65.4 Å². The molecule has 0 bridgehead atoms. The van der Waals surface area contributed by atoms with Crippen molar-refractivity contribution in [3.05, 3.63) is 35.4 Å². The summed E-state index contributed by atoms with van der Waals surface area (Å²) in [4.78, 5) is 11.4. The normalized spacial score (nSPS) is 13.0. The molecule has 3 rings (SSSR count). The van der Waals surface area contributed by atoms with Crippen LogP contribution >= 0.6 is 49.0 Å². The lowest BCUT2D eigenvalue weighted by Gasteiger charge is -2.26. The maximum atomic E-state index is 6.25. The molecule has 1 aromatic heterocycles. The molecular weight excluding hydrogens is 507 g/mol. The van der Waals surface area contributed by atoms with Gasteiger partial charge in [0.25, 0.3) is 0 Å². The van der Waals surface area contributed by atoms with Crippen molar-refractivity contribution in [1.29, 1.82) is 0 Å². The first-order valence-corrected chi connectivity index (χ1v) is 11.3. The number of hydrogen-bond donors (Lipinski definition) is 3. The van der Waals surface area contributed by atoms with Gasteiger partial charge in [-0.15, -0.1) is 37.2 Å². The zero-order valence-corrected chi connectivity index (χ0v) is 22.2. The maximum Gasteiger partial charge on any atom is 0.191 e. The van der Waals surface area contributed by atoms with Gasteiger partial charge in [0.15, 0.2) is 5.16 Å². The molecule has 0 atom stereocenters. The first-order chi connectivity index (χ1) is 14.2. The summed E-state index contributed by atoms with van der Waals surface area (Å²) in [5, 5.41) is 4.01. The number of piperazine rings is 1. The standard InChI is InChI=1S/C21H32N6OS.3ClH.H2O/c1-2-3-13-28-18-7-5-4-6-16(18)15-17-19(22)25-21(26-20(17)23)29-14-12-27-10-8-24-9-11-27;;;;/h4-7,24H,2-3,8-15H2,1H3,(H4,22,23,25,26);3*1H;1H2. The lowest BCUT2D eigenvalue weighted by Crippen LogP contribution is -2.44. The zero-order valence-electron chi connectivity index (χ0n) is 18.9. The molecule has 2 aromatic rings. The van der Waals surface area contributed by atoms with Crippen molar-refractivity contribution < 1.29 is 10.2 Å². The molecule has 1 aromatic carbocycles. The van der Waals surface area contributed by atoms with E-state index in [2.05, 4.69) is 27.1 Å². The molecular formula is C21H37Cl3N6O2S. The largest absolute Gasteiger partial charge is 0.493 e. The predicted octanol–water partition coefficient (Wildman–Crippen LogP) is 2.85. The van der Waals surface area contributed by atoms with Gasteiger partial charge in [-0.3, -0.25) is 4.90 Å². The second-order valence-electron chi connectivity index (χ2n) is 7.18. The van der Waals surface area contributed by atoms with E-state index in [1.165, 1.54) is 0 Å². The fraction of sp³-hybridized carbons (Fsp3) is 0.524. The Bertz CT molecular complexity index is 777. The van der Waals surface area contributed by atoms with Gasteiger partial charge in [-0.2, -0.15) is 0 Å². The van der Waals surface area contributed by atoms with Crippen molar-refractivity contribution in [2.75, 3.05) is 56.6 Å². The molecule has 0 saturated carbocycles. The van der Waals surface area contributed by atoms with E-state index in [0.29, 0.717) is 29.8 Å². The molecule has 1 fully saturated rings. The van der Waals surface area contributed by atoms with Crippen LogP contribution in [0.2, 0.25) is 0 Å². The number of anilines is 2. The summed E-state index contributed by atoms with van der Waals surface area (Å²) in [6, 6.07) is 8.00. The van der Waals surface area contributed by atoms with E-state index in [1.807, 2.05) is 24.3 Å². The average Bonchev–Trinajstić information content (AvgIpc) is 2.73. The molecule has 8 nitrogen and oxygen atoms in total. The van der Waals surface area contributed by atoms with Gasteiger partial charge >= 0.3 is 0 Å². The number of nitrogens with zero attached hydrogens (tertiary/aromatic N) is 3. The predicted molar refractivity (Wildman–Crippen MR) is 146 cm³/mol. The Morgan fingerprint density at radius 3 is 2.33 bits per heavy atom. The van der Waals surface area contributed by atoms with Crippen molar-refractivity contribution in [3.63, 3.8) is 0 Å². The zero-order chi connectivity index (χ0) is 20.5. The Hall–Kier alpha value is -1.20. The molecule has 0 amide bonds. The molecule has 33 heavy (non-hydrogen) atoms. The fourth-order valence-electron chi connectivity index (χ4n) is 3.25. The molecule has 12 heteroatoms. The number of nitrogen functional groups attached to an aromatic ring is 2. The summed E-state index contributed by atoms with van der Waals surface area (Å²) in [5.74, 6) is 2.69. The molecule has 0 aliphatic carbocycles. The van der Waals surface area contributed by atoms with Gasteiger partial charge in [0, 0.05) is 50.5 Å². The van der Waals surface area contributed by atoms with Gasteiger partial charge in [-0.25, -0.2) is 9.97 Å². The molecule has 2 heterocycles. The van der Waals surface area contributed by atoms with Crippen molar-refractivity contribution in [2.24, 2.45) is 0 Å². The van der Waals surface area contributed by atoms with Crippen LogP contribution in [0.3, 0.4) is 0 Å². The molecule has 0 unspecified atom stereocenters. The summed E-state index contributed by atoms with van der Waals surface area (Å²) >= 11 is 1.61. The molecule has 1 aliphatic rings. The SMILES string of the molecule is CCCCOc1ccccc1Cc1c(N)nc(SCCN2CCNCC2)nc1N.Cl.Cl.Cl.O. The number of aromatic nitrogens is 2. The highest BCUT2D eigenvalue weighted by Gasteiger charge is 2.15. The Labute approximate surface area is 219 Å². The van der Waals surface area contributed by atoms with Crippen LogP contribution in [0.5, 0.6) is 5.75 Å². The number of rotatable bonds is 10. The second kappa shape index (κ2) is 18.2. The average molecular weight is 544 g/mol. The number of nitrogens with two attached hydrogens (primary N) is 2. The number of nitrogens with one attached hydrogen (secondary N) is 1. The molecule has 190 valence electrons. The number of ether oxygens (including phenoxy) is 1. The molecule has 0 radical (unpaired) electrons. The first kappa shape index (κ1) is 34.0. The summed E-state index contributed by atoms with van der Waals surface area (Å²) in [6.45, 7) is 8.15. The number of para-hydroxylation sites is 1. The molecule has 0 spiro atoms. The van der Waals surface area contributed by atoms with Gasteiger partial charge in [-0.1, -0.05) is 43.3 Å². The second-order valence-corrected chi connectivity index (χ2v) is 8.24. The minimum Gasteiger partial charge on any atom is -0.493 e. The number of thioether (sulfide) groups is 1. The van der Waals surface area contributed by atoms with Gasteiger partial charge in [-0.05, 0) is 18.1 Å². The lowest BCUT2D eigenvalue weighted by molar-refractivity contribution is 0.255. The summed E-state index contributed by atoms with van der Waals surface area (Å²) in [5.41, 5.74) is 14.3. The van der Waals surface area contributed by atoms with Crippen molar-refractivity contribution in [2.45, 2.75) is 31.3 Å². The summed E-state index contributed by atoms with van der Waals surface area (Å²) in [7, 11) is 0. The molecule has 1 aliphatic heterocycles. The third-order valence-corrected chi connectivity index (χ3v) is 5.82. The van der Waals surface area contributed by atoms with Gasteiger partial charge in [0.05, 0.1) is 6.61 Å². The Morgan fingerprint density at radius 1 is 1.06 bits per heavy atom. The Balaban J connectivity index is 0. The highest BCUT2D eigenvalue weighted by Crippen LogP contribution is 2.28. The minimum absolute atomic E-state index is 0. The van der Waals surface area contributed by atoms with Crippen LogP contribution in [-0.2, 0) is 6.42 Å². The van der Waals surface area contributed by atoms with Crippen LogP contribution in [0.25, 0.3) is 0 Å². The lowest BCUT2D eigenvalue weighted by atomic mass is 10.0.